The number of hydrogen-bond donors (Lipinski definition) is 2. The normalized spacial score (nSPS) is 11.2. The SMILES string of the molecule is CC(C)(C(=O)Nc1ccc(O)cc1F)c1ccccc1F. The molecule has 110 valence electrons. The number of carbonyl (C=O) groups excluding carboxylic acids is 1. The highest BCUT2D eigenvalue weighted by atomic mass is 19.1. The molecule has 2 N–H and O–H groups in total. The van der Waals surface area contributed by atoms with E-state index in [0.717, 1.165) is 6.07 Å². The lowest BCUT2D eigenvalue weighted by Gasteiger charge is -2.24. The minimum Gasteiger partial charge on any atom is -0.508 e. The smallest absolute Gasteiger partial charge is 0.234 e. The van der Waals surface area contributed by atoms with Gasteiger partial charge in [0.2, 0.25) is 5.91 Å². The molecule has 2 aromatic carbocycles. The minimum atomic E-state index is -1.17. The Morgan fingerprint density at radius 3 is 2.38 bits per heavy atom. The number of hydrogen-bond acceptors (Lipinski definition) is 2. The molecule has 0 atom stereocenters. The first kappa shape index (κ1) is 15.0. The zero-order chi connectivity index (χ0) is 15.6. The molecule has 0 aliphatic rings. The Balaban J connectivity index is 2.29. The predicted molar refractivity (Wildman–Crippen MR) is 76.1 cm³/mol. The van der Waals surface area contributed by atoms with Gasteiger partial charge in [-0.05, 0) is 32.0 Å². The highest BCUT2D eigenvalue weighted by molar-refractivity contribution is 5.98. The summed E-state index contributed by atoms with van der Waals surface area (Å²) < 4.78 is 27.5. The van der Waals surface area contributed by atoms with Gasteiger partial charge >= 0.3 is 0 Å². The summed E-state index contributed by atoms with van der Waals surface area (Å²) in [6.07, 6.45) is 0. The second-order valence-electron chi connectivity index (χ2n) is 5.22. The van der Waals surface area contributed by atoms with Crippen molar-refractivity contribution in [2.45, 2.75) is 19.3 Å². The molecule has 0 spiro atoms. The molecule has 0 heterocycles. The van der Waals surface area contributed by atoms with E-state index in [1.165, 1.54) is 30.3 Å². The molecule has 0 aliphatic heterocycles. The van der Waals surface area contributed by atoms with Crippen LogP contribution in [0.3, 0.4) is 0 Å². The third kappa shape index (κ3) is 3.02. The van der Waals surface area contributed by atoms with Crippen LogP contribution in [0.1, 0.15) is 19.4 Å². The van der Waals surface area contributed by atoms with E-state index < -0.39 is 23.0 Å². The Morgan fingerprint density at radius 2 is 1.76 bits per heavy atom. The van der Waals surface area contributed by atoms with Crippen molar-refractivity contribution < 1.29 is 18.7 Å². The van der Waals surface area contributed by atoms with Crippen LogP contribution in [0.25, 0.3) is 0 Å². The first-order valence-electron chi connectivity index (χ1n) is 6.37. The van der Waals surface area contributed by atoms with E-state index in [4.69, 9.17) is 5.11 Å². The van der Waals surface area contributed by atoms with Crippen LogP contribution < -0.4 is 5.32 Å². The average Bonchev–Trinajstić information content (AvgIpc) is 2.42. The minimum absolute atomic E-state index is 0.0674. The van der Waals surface area contributed by atoms with Gasteiger partial charge in [0.25, 0.3) is 0 Å². The molecule has 3 nitrogen and oxygen atoms in total. The summed E-state index contributed by atoms with van der Waals surface area (Å²) in [5, 5.41) is 11.6. The molecule has 1 amide bonds. The van der Waals surface area contributed by atoms with Gasteiger partial charge in [0.1, 0.15) is 17.4 Å². The number of nitrogens with one attached hydrogen (secondary N) is 1. The first-order valence-corrected chi connectivity index (χ1v) is 6.37. The number of halogens is 2. The third-order valence-electron chi connectivity index (χ3n) is 3.32. The van der Waals surface area contributed by atoms with Crippen LogP contribution >= 0.6 is 0 Å². The van der Waals surface area contributed by atoms with Gasteiger partial charge in [-0.1, -0.05) is 18.2 Å². The average molecular weight is 291 g/mol. The quantitative estimate of drug-likeness (QED) is 0.849. The number of rotatable bonds is 3. The summed E-state index contributed by atoms with van der Waals surface area (Å²) in [7, 11) is 0. The summed E-state index contributed by atoms with van der Waals surface area (Å²) in [5.41, 5.74) is -1.01. The lowest BCUT2D eigenvalue weighted by Crippen LogP contribution is -2.35. The van der Waals surface area contributed by atoms with E-state index in [1.54, 1.807) is 19.9 Å². The largest absolute Gasteiger partial charge is 0.508 e. The van der Waals surface area contributed by atoms with Crippen LogP contribution in [0.4, 0.5) is 14.5 Å². The molecular formula is C16H15F2NO2. The molecule has 0 unspecified atom stereocenters. The van der Waals surface area contributed by atoms with Gasteiger partial charge in [0, 0.05) is 11.6 Å². The van der Waals surface area contributed by atoms with Crippen molar-refractivity contribution in [2.24, 2.45) is 0 Å². The van der Waals surface area contributed by atoms with Crippen LogP contribution in [0.15, 0.2) is 42.5 Å². The zero-order valence-corrected chi connectivity index (χ0v) is 11.7. The second-order valence-corrected chi connectivity index (χ2v) is 5.22. The summed E-state index contributed by atoms with van der Waals surface area (Å²) in [6.45, 7) is 3.11. The Hall–Kier alpha value is -2.43. The molecule has 0 radical (unpaired) electrons. The second kappa shape index (κ2) is 5.52. The maximum Gasteiger partial charge on any atom is 0.234 e. The molecule has 5 heteroatoms. The van der Waals surface area contributed by atoms with Gasteiger partial charge in [-0.15, -0.1) is 0 Å². The Kier molecular flexibility index (Phi) is 3.93. The molecule has 2 rings (SSSR count). The molecular weight excluding hydrogens is 276 g/mol. The van der Waals surface area contributed by atoms with Crippen LogP contribution in [-0.4, -0.2) is 11.0 Å². The predicted octanol–water partition coefficient (Wildman–Crippen LogP) is 3.59. The Labute approximate surface area is 121 Å². The number of anilines is 1. The van der Waals surface area contributed by atoms with Gasteiger partial charge < -0.3 is 10.4 Å². The van der Waals surface area contributed by atoms with Crippen LogP contribution in [0, 0.1) is 11.6 Å². The number of phenolic OH excluding ortho intramolecular Hbond substituents is 1. The lowest BCUT2D eigenvalue weighted by molar-refractivity contribution is -0.120. The fraction of sp³-hybridized carbons (Fsp3) is 0.188. The summed E-state index contributed by atoms with van der Waals surface area (Å²) in [4.78, 5) is 12.3. The topological polar surface area (TPSA) is 49.3 Å². The van der Waals surface area contributed by atoms with Crippen molar-refractivity contribution in [2.75, 3.05) is 5.32 Å². The van der Waals surface area contributed by atoms with E-state index >= 15 is 0 Å². The highest BCUT2D eigenvalue weighted by Crippen LogP contribution is 2.28. The Bertz CT molecular complexity index is 684. The van der Waals surface area contributed by atoms with Crippen LogP contribution in [0.2, 0.25) is 0 Å². The van der Waals surface area contributed by atoms with Crippen LogP contribution in [-0.2, 0) is 10.2 Å². The fourth-order valence-electron chi connectivity index (χ4n) is 1.97. The zero-order valence-electron chi connectivity index (χ0n) is 11.7. The number of amides is 1. The maximum absolute atomic E-state index is 13.8. The molecule has 0 bridgehead atoms. The molecule has 21 heavy (non-hydrogen) atoms. The van der Waals surface area contributed by atoms with Crippen LogP contribution in [0.5, 0.6) is 5.75 Å². The molecule has 0 fully saturated rings. The van der Waals surface area contributed by atoms with Crippen molar-refractivity contribution in [1.82, 2.24) is 0 Å². The number of benzene rings is 2. The fourth-order valence-corrected chi connectivity index (χ4v) is 1.97. The molecule has 0 aromatic heterocycles. The number of aromatic hydroxyl groups is 1. The Morgan fingerprint density at radius 1 is 1.10 bits per heavy atom. The maximum atomic E-state index is 13.8. The van der Waals surface area contributed by atoms with E-state index in [9.17, 15) is 13.6 Å². The van der Waals surface area contributed by atoms with Gasteiger partial charge in [-0.3, -0.25) is 4.79 Å². The molecule has 0 saturated carbocycles. The van der Waals surface area contributed by atoms with E-state index in [2.05, 4.69) is 5.32 Å². The van der Waals surface area contributed by atoms with E-state index in [1.807, 2.05) is 0 Å². The van der Waals surface area contributed by atoms with Crippen molar-refractivity contribution in [3.05, 3.63) is 59.7 Å². The van der Waals surface area contributed by atoms with Gasteiger partial charge in [0.15, 0.2) is 0 Å². The third-order valence-corrected chi connectivity index (χ3v) is 3.32. The standard InChI is InChI=1S/C16H15F2NO2/c1-16(2,11-5-3-4-6-12(11)17)15(21)19-14-8-7-10(20)9-13(14)18/h3-9,20H,1-2H3,(H,19,21). The van der Waals surface area contributed by atoms with E-state index in [0.29, 0.717) is 0 Å². The molecule has 2 aromatic rings. The summed E-state index contributed by atoms with van der Waals surface area (Å²) in [5.74, 6) is -2.03. The van der Waals surface area contributed by atoms with Crippen molar-refractivity contribution >= 4 is 11.6 Å². The van der Waals surface area contributed by atoms with Gasteiger partial charge in [-0.25, -0.2) is 8.78 Å². The number of phenols is 1. The molecule has 0 aliphatic carbocycles. The highest BCUT2D eigenvalue weighted by Gasteiger charge is 2.32. The first-order chi connectivity index (χ1) is 9.82. The van der Waals surface area contributed by atoms with E-state index in [-0.39, 0.29) is 17.0 Å². The van der Waals surface area contributed by atoms with Crippen molar-refractivity contribution in [3.8, 4) is 5.75 Å². The van der Waals surface area contributed by atoms with Gasteiger partial charge in [-0.2, -0.15) is 0 Å². The summed E-state index contributed by atoms with van der Waals surface area (Å²) in [6, 6.07) is 9.36. The van der Waals surface area contributed by atoms with Crippen molar-refractivity contribution in [1.29, 1.82) is 0 Å². The number of carbonyl (C=O) groups is 1. The molecule has 0 saturated heterocycles. The monoisotopic (exact) mass is 291 g/mol. The lowest BCUT2D eigenvalue weighted by atomic mass is 9.83. The van der Waals surface area contributed by atoms with Crippen molar-refractivity contribution in [3.63, 3.8) is 0 Å². The summed E-state index contributed by atoms with van der Waals surface area (Å²) >= 11 is 0. The van der Waals surface area contributed by atoms with Gasteiger partial charge in [0.05, 0.1) is 11.1 Å².